The van der Waals surface area contributed by atoms with Gasteiger partial charge in [-0.15, -0.1) is 0 Å². The molecule has 1 unspecified atom stereocenters. The summed E-state index contributed by atoms with van der Waals surface area (Å²) in [6.45, 7) is 0.732. The molecule has 0 saturated heterocycles. The minimum absolute atomic E-state index is 0.0236. The first kappa shape index (κ1) is 16.0. The first-order chi connectivity index (χ1) is 10.7. The average Bonchev–Trinajstić information content (AvgIpc) is 2.56. The Morgan fingerprint density at radius 3 is 2.82 bits per heavy atom. The van der Waals surface area contributed by atoms with Gasteiger partial charge in [0.25, 0.3) is 0 Å². The van der Waals surface area contributed by atoms with Crippen molar-refractivity contribution in [3.8, 4) is 11.5 Å². The van der Waals surface area contributed by atoms with Crippen LogP contribution in [-0.4, -0.2) is 38.7 Å². The minimum atomic E-state index is -0.634. The summed E-state index contributed by atoms with van der Waals surface area (Å²) in [5, 5.41) is 6.08. The van der Waals surface area contributed by atoms with E-state index in [4.69, 9.17) is 14.3 Å². The maximum atomic E-state index is 12.2. The van der Waals surface area contributed by atoms with E-state index in [0.717, 1.165) is 6.42 Å². The normalized spacial score (nSPS) is 17.9. The van der Waals surface area contributed by atoms with Crippen molar-refractivity contribution in [3.63, 3.8) is 0 Å². The van der Waals surface area contributed by atoms with Gasteiger partial charge in [-0.25, -0.2) is 4.79 Å². The monoisotopic (exact) mass is 308 g/mol. The number of halogens is 1. The Hall–Kier alpha value is -2.41. The molecule has 1 aromatic rings. The molecule has 0 aromatic heterocycles. The smallest absolute Gasteiger partial charge is 0.332 e. The van der Waals surface area contributed by atoms with Crippen molar-refractivity contribution in [2.24, 2.45) is 5.16 Å². The summed E-state index contributed by atoms with van der Waals surface area (Å²) in [6, 6.07) is 6.06. The zero-order chi connectivity index (χ0) is 15.8. The number of nitrogens with one attached hydrogen (secondary N) is 1. The average molecular weight is 308 g/mol. The number of rotatable bonds is 6. The fourth-order valence-corrected chi connectivity index (χ4v) is 2.07. The van der Waals surface area contributed by atoms with Gasteiger partial charge in [-0.3, -0.25) is 0 Å². The second-order valence-corrected chi connectivity index (χ2v) is 4.53. The lowest BCUT2D eigenvalue weighted by Crippen LogP contribution is -2.44. The van der Waals surface area contributed by atoms with Crippen molar-refractivity contribution < 1.29 is 23.5 Å². The number of esters is 1. The molecule has 1 atom stereocenters. The van der Waals surface area contributed by atoms with E-state index in [1.165, 1.54) is 0 Å². The summed E-state index contributed by atoms with van der Waals surface area (Å²) >= 11 is 0. The van der Waals surface area contributed by atoms with Crippen LogP contribution in [-0.2, 0) is 9.63 Å². The number of carbonyl (C=O) groups excluding carboxylic acids is 1. The van der Waals surface area contributed by atoms with Crippen molar-refractivity contribution in [1.82, 2.24) is 5.32 Å². The minimum Gasteiger partial charge on any atom is -0.497 e. The maximum Gasteiger partial charge on any atom is 0.332 e. The van der Waals surface area contributed by atoms with Gasteiger partial charge in [-0.2, -0.15) is 4.39 Å². The molecular formula is C15H17FN2O4. The van der Waals surface area contributed by atoms with E-state index >= 15 is 0 Å². The number of hydrogen-bond acceptors (Lipinski definition) is 6. The van der Waals surface area contributed by atoms with Gasteiger partial charge < -0.3 is 19.6 Å². The Labute approximate surface area is 127 Å². The highest BCUT2D eigenvalue weighted by molar-refractivity contribution is 5.82. The molecule has 0 saturated carbocycles. The summed E-state index contributed by atoms with van der Waals surface area (Å²) in [6.07, 6.45) is 2.62. The lowest BCUT2D eigenvalue weighted by atomic mass is 10.0. The number of benzene rings is 1. The number of ether oxygens (including phenoxy) is 2. The standard InChI is InChI=1S/C15H17FN2O4/c1-20-12-4-6-13(7-5-12)22-15(19)14-11(3-2-8-17-14)9-21-18-10-16/h3-7,10,14,17H,2,8-9H2,1H3. The van der Waals surface area contributed by atoms with Gasteiger partial charge in [-0.1, -0.05) is 11.2 Å². The quantitative estimate of drug-likeness (QED) is 0.285. The lowest BCUT2D eigenvalue weighted by Gasteiger charge is -2.23. The molecule has 22 heavy (non-hydrogen) atoms. The second-order valence-electron chi connectivity index (χ2n) is 4.53. The van der Waals surface area contributed by atoms with E-state index in [9.17, 15) is 9.18 Å². The third-order valence-corrected chi connectivity index (χ3v) is 3.13. The van der Waals surface area contributed by atoms with E-state index in [1.54, 1.807) is 31.4 Å². The van der Waals surface area contributed by atoms with E-state index in [2.05, 4.69) is 10.5 Å². The van der Waals surface area contributed by atoms with Crippen LogP contribution < -0.4 is 14.8 Å². The van der Waals surface area contributed by atoms with Crippen LogP contribution in [0.25, 0.3) is 0 Å². The molecule has 1 aromatic carbocycles. The third kappa shape index (κ3) is 4.29. The van der Waals surface area contributed by atoms with Crippen LogP contribution in [0, 0.1) is 0 Å². The molecule has 0 aliphatic carbocycles. The summed E-state index contributed by atoms with van der Waals surface area (Å²) in [5.41, 5.74) is 0.662. The van der Waals surface area contributed by atoms with Gasteiger partial charge in [0.1, 0.15) is 24.1 Å². The van der Waals surface area contributed by atoms with Gasteiger partial charge in [0.15, 0.2) is 0 Å². The fourth-order valence-electron chi connectivity index (χ4n) is 2.07. The highest BCUT2D eigenvalue weighted by Gasteiger charge is 2.27. The Kier molecular flexibility index (Phi) is 5.91. The summed E-state index contributed by atoms with van der Waals surface area (Å²) < 4.78 is 22.2. The fraction of sp³-hybridized carbons (Fsp3) is 0.333. The maximum absolute atomic E-state index is 12.2. The molecular weight excluding hydrogens is 291 g/mol. The van der Waals surface area contributed by atoms with Crippen molar-refractivity contribution in [1.29, 1.82) is 0 Å². The molecule has 2 rings (SSSR count). The number of methoxy groups -OCH3 is 1. The molecule has 1 heterocycles. The van der Waals surface area contributed by atoms with Crippen LogP contribution in [0.4, 0.5) is 4.39 Å². The first-order valence-electron chi connectivity index (χ1n) is 6.76. The van der Waals surface area contributed by atoms with Crippen LogP contribution in [0.2, 0.25) is 0 Å². The van der Waals surface area contributed by atoms with E-state index < -0.39 is 12.0 Å². The van der Waals surface area contributed by atoms with Crippen LogP contribution >= 0.6 is 0 Å². The summed E-state index contributed by atoms with van der Waals surface area (Å²) in [7, 11) is 1.56. The second kappa shape index (κ2) is 8.14. The predicted molar refractivity (Wildman–Crippen MR) is 78.7 cm³/mol. The molecule has 0 amide bonds. The van der Waals surface area contributed by atoms with Gasteiger partial charge in [-0.05, 0) is 42.8 Å². The zero-order valence-electron chi connectivity index (χ0n) is 12.1. The van der Waals surface area contributed by atoms with Gasteiger partial charge in [0.2, 0.25) is 6.47 Å². The molecule has 1 aliphatic heterocycles. The number of nitrogens with zero attached hydrogens (tertiary/aromatic N) is 1. The van der Waals surface area contributed by atoms with E-state index in [-0.39, 0.29) is 13.1 Å². The molecule has 0 fully saturated rings. The van der Waals surface area contributed by atoms with Gasteiger partial charge in [0, 0.05) is 0 Å². The molecule has 1 N–H and O–H groups in total. The Bertz CT molecular complexity index is 557. The molecule has 6 nitrogen and oxygen atoms in total. The van der Waals surface area contributed by atoms with Crippen molar-refractivity contribution in [3.05, 3.63) is 35.9 Å². The molecule has 1 aliphatic rings. The number of carbonyl (C=O) groups is 1. The van der Waals surface area contributed by atoms with Gasteiger partial charge in [0.05, 0.1) is 7.11 Å². The lowest BCUT2D eigenvalue weighted by molar-refractivity contribution is -0.136. The molecule has 0 bridgehead atoms. The van der Waals surface area contributed by atoms with Crippen molar-refractivity contribution in [2.75, 3.05) is 20.3 Å². The van der Waals surface area contributed by atoms with Crippen LogP contribution in [0.1, 0.15) is 6.42 Å². The summed E-state index contributed by atoms with van der Waals surface area (Å²) in [5.74, 6) is 0.637. The van der Waals surface area contributed by atoms with E-state index in [1.807, 2.05) is 6.08 Å². The van der Waals surface area contributed by atoms with Crippen LogP contribution in [0.3, 0.4) is 0 Å². The Morgan fingerprint density at radius 1 is 1.41 bits per heavy atom. The van der Waals surface area contributed by atoms with Crippen molar-refractivity contribution in [2.45, 2.75) is 12.5 Å². The predicted octanol–water partition coefficient (Wildman–Crippen LogP) is 1.82. The SMILES string of the molecule is COc1ccc(OC(=O)C2NCCC=C2CON=CF)cc1. The highest BCUT2D eigenvalue weighted by Crippen LogP contribution is 2.19. The number of hydrogen-bond donors (Lipinski definition) is 1. The van der Waals surface area contributed by atoms with Gasteiger partial charge >= 0.3 is 5.97 Å². The molecule has 118 valence electrons. The van der Waals surface area contributed by atoms with Crippen LogP contribution in [0.15, 0.2) is 41.1 Å². The number of oxime groups is 1. The highest BCUT2D eigenvalue weighted by atomic mass is 19.1. The van der Waals surface area contributed by atoms with Crippen molar-refractivity contribution >= 4 is 12.4 Å². The zero-order valence-corrected chi connectivity index (χ0v) is 12.1. The van der Waals surface area contributed by atoms with Crippen LogP contribution in [0.5, 0.6) is 11.5 Å². The third-order valence-electron chi connectivity index (χ3n) is 3.13. The Morgan fingerprint density at radius 2 is 2.14 bits per heavy atom. The molecule has 0 spiro atoms. The first-order valence-corrected chi connectivity index (χ1v) is 6.76. The molecule has 7 heteroatoms. The topological polar surface area (TPSA) is 69.2 Å². The Balaban J connectivity index is 1.99. The molecule has 0 radical (unpaired) electrons. The largest absolute Gasteiger partial charge is 0.497 e. The summed E-state index contributed by atoms with van der Waals surface area (Å²) in [4.78, 5) is 17.0. The van der Waals surface area contributed by atoms with E-state index in [0.29, 0.717) is 23.6 Å².